The average molecular weight is 309 g/mol. The van der Waals surface area contributed by atoms with Crippen molar-refractivity contribution in [2.24, 2.45) is 4.99 Å². The van der Waals surface area contributed by atoms with E-state index < -0.39 is 0 Å². The van der Waals surface area contributed by atoms with Crippen LogP contribution in [0, 0.1) is 0 Å². The number of rotatable bonds is 3. The summed E-state index contributed by atoms with van der Waals surface area (Å²) < 4.78 is 0. The van der Waals surface area contributed by atoms with Crippen LogP contribution in [0.15, 0.2) is 64.1 Å². The molecule has 0 aromatic heterocycles. The lowest BCUT2D eigenvalue weighted by atomic mass is 9.85. The Morgan fingerprint density at radius 2 is 2.13 bits per heavy atom. The van der Waals surface area contributed by atoms with E-state index in [1.54, 1.807) is 0 Å². The highest BCUT2D eigenvalue weighted by Gasteiger charge is 2.30. The van der Waals surface area contributed by atoms with Gasteiger partial charge in [0.25, 0.3) is 0 Å². The molecular formula is C19H23N3O. The fourth-order valence-corrected chi connectivity index (χ4v) is 3.73. The van der Waals surface area contributed by atoms with E-state index in [1.165, 1.54) is 16.8 Å². The molecule has 0 saturated heterocycles. The van der Waals surface area contributed by atoms with Crippen molar-refractivity contribution in [1.29, 1.82) is 0 Å². The predicted octanol–water partition coefficient (Wildman–Crippen LogP) is 2.69. The number of allylic oxidation sites excluding steroid dienone is 5. The topological polar surface area (TPSA) is 56.6 Å². The first-order valence-electron chi connectivity index (χ1n) is 8.49. The summed E-state index contributed by atoms with van der Waals surface area (Å²) in [5.74, 6) is 0.486. The molecule has 1 aliphatic carbocycles. The zero-order chi connectivity index (χ0) is 15.6. The van der Waals surface area contributed by atoms with Crippen molar-refractivity contribution in [3.05, 3.63) is 59.1 Å². The summed E-state index contributed by atoms with van der Waals surface area (Å²) in [4.78, 5) is 4.57. The summed E-state index contributed by atoms with van der Waals surface area (Å²) in [5, 5.41) is 16.9. The van der Waals surface area contributed by atoms with E-state index in [-0.39, 0.29) is 12.1 Å². The quantitative estimate of drug-likeness (QED) is 0.751. The number of aliphatic imine (C=N–C) groups is 1. The maximum Gasteiger partial charge on any atom is 0.0926 e. The van der Waals surface area contributed by atoms with Gasteiger partial charge >= 0.3 is 0 Å². The van der Waals surface area contributed by atoms with Crippen molar-refractivity contribution in [2.75, 3.05) is 6.54 Å². The van der Waals surface area contributed by atoms with Gasteiger partial charge in [0, 0.05) is 30.9 Å². The third kappa shape index (κ3) is 3.04. The molecule has 0 aromatic rings. The standard InChI is InChI=1S/C19H23N3O/c23-15-7-5-13(6-8-15)14-11-18(16-3-1-9-20-16)22-19(12-14)17-4-2-10-21-17/h1,3-5,7,9,12,16,18-19,21-23H,2,6,8,10-11H2. The van der Waals surface area contributed by atoms with Gasteiger partial charge in [-0.15, -0.1) is 0 Å². The van der Waals surface area contributed by atoms with Crippen LogP contribution < -0.4 is 10.6 Å². The molecule has 3 aliphatic heterocycles. The molecule has 23 heavy (non-hydrogen) atoms. The van der Waals surface area contributed by atoms with E-state index in [1.807, 2.05) is 18.4 Å². The summed E-state index contributed by atoms with van der Waals surface area (Å²) in [6, 6.07) is 0.769. The Bertz CT molecular complexity index is 654. The monoisotopic (exact) mass is 309 g/mol. The molecule has 4 aliphatic rings. The van der Waals surface area contributed by atoms with Gasteiger partial charge in [-0.2, -0.15) is 0 Å². The summed E-state index contributed by atoms with van der Waals surface area (Å²) in [6.45, 7) is 1.03. The van der Waals surface area contributed by atoms with Gasteiger partial charge < -0.3 is 10.4 Å². The Morgan fingerprint density at radius 1 is 1.17 bits per heavy atom. The van der Waals surface area contributed by atoms with Gasteiger partial charge in [0.1, 0.15) is 0 Å². The third-order valence-corrected chi connectivity index (χ3v) is 4.98. The minimum Gasteiger partial charge on any atom is -0.512 e. The van der Waals surface area contributed by atoms with Gasteiger partial charge in [-0.25, -0.2) is 0 Å². The minimum absolute atomic E-state index is 0.219. The number of hydrogen-bond acceptors (Lipinski definition) is 4. The molecule has 4 nitrogen and oxygen atoms in total. The predicted molar refractivity (Wildman–Crippen MR) is 93.6 cm³/mol. The van der Waals surface area contributed by atoms with Gasteiger partial charge in [-0.1, -0.05) is 24.3 Å². The number of nitrogens with one attached hydrogen (secondary N) is 2. The number of hydrogen-bond donors (Lipinski definition) is 3. The second-order valence-corrected chi connectivity index (χ2v) is 6.55. The SMILES string of the molecule is OC1=CC=C(C2=CC(C3=CCCN3)NC(C3C=CC=N3)C2)CC1. The first-order valence-corrected chi connectivity index (χ1v) is 8.49. The molecule has 0 radical (unpaired) electrons. The van der Waals surface area contributed by atoms with Crippen LogP contribution in [0.2, 0.25) is 0 Å². The van der Waals surface area contributed by atoms with Gasteiger partial charge in [0.2, 0.25) is 0 Å². The average Bonchev–Trinajstić information content (AvgIpc) is 3.29. The highest BCUT2D eigenvalue weighted by Crippen LogP contribution is 2.31. The lowest BCUT2D eigenvalue weighted by Gasteiger charge is -2.34. The second-order valence-electron chi connectivity index (χ2n) is 6.55. The van der Waals surface area contributed by atoms with Crippen LogP contribution in [-0.2, 0) is 0 Å². The zero-order valence-corrected chi connectivity index (χ0v) is 13.2. The molecule has 4 rings (SSSR count). The van der Waals surface area contributed by atoms with Gasteiger partial charge in [0.05, 0.1) is 17.8 Å². The smallest absolute Gasteiger partial charge is 0.0926 e. The van der Waals surface area contributed by atoms with Gasteiger partial charge in [-0.3, -0.25) is 10.3 Å². The van der Waals surface area contributed by atoms with Crippen LogP contribution in [-0.4, -0.2) is 36.0 Å². The molecule has 0 fully saturated rings. The van der Waals surface area contributed by atoms with Crippen molar-refractivity contribution >= 4 is 6.21 Å². The van der Waals surface area contributed by atoms with E-state index in [2.05, 4.69) is 39.9 Å². The highest BCUT2D eigenvalue weighted by atomic mass is 16.3. The van der Waals surface area contributed by atoms with Crippen molar-refractivity contribution in [1.82, 2.24) is 10.6 Å². The fraction of sp³-hybridized carbons (Fsp3) is 0.421. The van der Waals surface area contributed by atoms with E-state index in [9.17, 15) is 5.11 Å². The maximum atomic E-state index is 9.61. The largest absolute Gasteiger partial charge is 0.512 e. The van der Waals surface area contributed by atoms with E-state index in [0.29, 0.717) is 11.8 Å². The number of nitrogens with zero attached hydrogens (tertiary/aromatic N) is 1. The normalized spacial score (nSPS) is 33.0. The molecular weight excluding hydrogens is 286 g/mol. The molecule has 0 amide bonds. The number of aliphatic hydroxyl groups excluding tert-OH is 1. The first-order chi connectivity index (χ1) is 11.3. The molecule has 0 bridgehead atoms. The Labute approximate surface area is 137 Å². The van der Waals surface area contributed by atoms with Crippen LogP contribution in [0.25, 0.3) is 0 Å². The molecule has 3 atom stereocenters. The van der Waals surface area contributed by atoms with Crippen molar-refractivity contribution in [2.45, 2.75) is 43.8 Å². The van der Waals surface area contributed by atoms with Gasteiger partial charge in [0.15, 0.2) is 0 Å². The summed E-state index contributed by atoms with van der Waals surface area (Å²) in [7, 11) is 0. The summed E-state index contributed by atoms with van der Waals surface area (Å²) >= 11 is 0. The van der Waals surface area contributed by atoms with Crippen molar-refractivity contribution < 1.29 is 5.11 Å². The molecule has 0 aromatic carbocycles. The van der Waals surface area contributed by atoms with Crippen molar-refractivity contribution in [3.8, 4) is 0 Å². The lowest BCUT2D eigenvalue weighted by molar-refractivity contribution is 0.384. The van der Waals surface area contributed by atoms with Crippen molar-refractivity contribution in [3.63, 3.8) is 0 Å². The third-order valence-electron chi connectivity index (χ3n) is 4.98. The van der Waals surface area contributed by atoms with Crippen LogP contribution in [0.1, 0.15) is 25.7 Å². The molecule has 0 spiro atoms. The molecule has 120 valence electrons. The fourth-order valence-electron chi connectivity index (χ4n) is 3.73. The molecule has 0 saturated carbocycles. The molecule has 3 N–H and O–H groups in total. The number of aliphatic hydroxyl groups is 1. The van der Waals surface area contributed by atoms with Crippen LogP contribution in [0.3, 0.4) is 0 Å². The summed E-state index contributed by atoms with van der Waals surface area (Å²) in [6.07, 6.45) is 18.4. The van der Waals surface area contributed by atoms with Gasteiger partial charge in [-0.05, 0) is 42.6 Å². The molecule has 4 heteroatoms. The van der Waals surface area contributed by atoms with E-state index >= 15 is 0 Å². The van der Waals surface area contributed by atoms with Crippen LogP contribution in [0.4, 0.5) is 0 Å². The van der Waals surface area contributed by atoms with E-state index in [4.69, 9.17) is 0 Å². The second kappa shape index (κ2) is 6.20. The first kappa shape index (κ1) is 14.5. The summed E-state index contributed by atoms with van der Waals surface area (Å²) in [5.41, 5.74) is 4.03. The Kier molecular flexibility index (Phi) is 3.92. The minimum atomic E-state index is 0.219. The highest BCUT2D eigenvalue weighted by molar-refractivity contribution is 5.74. The van der Waals surface area contributed by atoms with E-state index in [0.717, 1.165) is 32.2 Å². The Balaban J connectivity index is 1.62. The molecule has 3 unspecified atom stereocenters. The maximum absolute atomic E-state index is 9.61. The van der Waals surface area contributed by atoms with Crippen LogP contribution in [0.5, 0.6) is 0 Å². The zero-order valence-electron chi connectivity index (χ0n) is 13.2. The Hall–Kier alpha value is -2.07. The Morgan fingerprint density at radius 3 is 2.83 bits per heavy atom. The molecule has 3 heterocycles. The lowest BCUT2D eigenvalue weighted by Crippen LogP contribution is -2.48. The van der Waals surface area contributed by atoms with Crippen LogP contribution >= 0.6 is 0 Å².